The third-order valence-electron chi connectivity index (χ3n) is 3.95. The molecule has 0 radical (unpaired) electrons. The molecule has 2 amide bonds. The van der Waals surface area contributed by atoms with Gasteiger partial charge in [-0.2, -0.15) is 5.10 Å². The van der Waals surface area contributed by atoms with Crippen molar-refractivity contribution in [2.75, 3.05) is 13.1 Å². The van der Waals surface area contributed by atoms with E-state index in [9.17, 15) is 4.79 Å². The van der Waals surface area contributed by atoms with Crippen LogP contribution in [0.25, 0.3) is 0 Å². The van der Waals surface area contributed by atoms with Crippen LogP contribution >= 0.6 is 11.3 Å². The van der Waals surface area contributed by atoms with E-state index < -0.39 is 0 Å². The van der Waals surface area contributed by atoms with Gasteiger partial charge in [0.25, 0.3) is 0 Å². The Morgan fingerprint density at radius 2 is 2.33 bits per heavy atom. The number of H-pyrrole nitrogens is 1. The molecule has 0 bridgehead atoms. The summed E-state index contributed by atoms with van der Waals surface area (Å²) in [5.74, 6) is 0.505. The van der Waals surface area contributed by atoms with Gasteiger partial charge in [-0.05, 0) is 19.8 Å². The fourth-order valence-electron chi connectivity index (χ4n) is 2.60. The number of amides is 2. The first-order valence-electron chi connectivity index (χ1n) is 7.15. The molecule has 21 heavy (non-hydrogen) atoms. The molecule has 112 valence electrons. The average molecular weight is 305 g/mol. The van der Waals surface area contributed by atoms with Crippen molar-refractivity contribution in [3.63, 3.8) is 0 Å². The number of piperidine rings is 1. The highest BCUT2D eigenvalue weighted by atomic mass is 32.1. The van der Waals surface area contributed by atoms with Crippen molar-refractivity contribution in [2.45, 2.75) is 32.2 Å². The molecule has 2 N–H and O–H groups in total. The molecule has 1 fully saturated rings. The summed E-state index contributed by atoms with van der Waals surface area (Å²) in [5, 5.41) is 13.0. The standard InChI is InChI=1S/C14H19N5OS/c1-10-12(9-17-18-10)8-16-14(20)19-5-2-11(3-6-19)13-15-4-7-21-13/h4,7,9,11H,2-3,5-6,8H2,1H3,(H,16,20)(H,17,18). The van der Waals surface area contributed by atoms with E-state index >= 15 is 0 Å². The second kappa shape index (κ2) is 6.26. The van der Waals surface area contributed by atoms with Crippen molar-refractivity contribution in [1.82, 2.24) is 25.4 Å². The highest BCUT2D eigenvalue weighted by molar-refractivity contribution is 7.09. The summed E-state index contributed by atoms with van der Waals surface area (Å²) in [6.07, 6.45) is 5.59. The number of thiazole rings is 1. The Labute approximate surface area is 127 Å². The Morgan fingerprint density at radius 3 is 2.95 bits per heavy atom. The second-order valence-corrected chi connectivity index (χ2v) is 6.24. The molecule has 2 aromatic heterocycles. The molecule has 1 saturated heterocycles. The number of urea groups is 1. The zero-order valence-corrected chi connectivity index (χ0v) is 12.8. The minimum atomic E-state index is 0.00758. The summed E-state index contributed by atoms with van der Waals surface area (Å²) in [6, 6.07) is 0.00758. The molecule has 0 spiro atoms. The zero-order valence-electron chi connectivity index (χ0n) is 12.0. The van der Waals surface area contributed by atoms with Crippen LogP contribution in [-0.2, 0) is 6.54 Å². The number of carbonyl (C=O) groups excluding carboxylic acids is 1. The van der Waals surface area contributed by atoms with Gasteiger partial charge in [-0.1, -0.05) is 0 Å². The first-order valence-corrected chi connectivity index (χ1v) is 8.03. The maximum Gasteiger partial charge on any atom is 0.317 e. The van der Waals surface area contributed by atoms with Crippen LogP contribution in [0.15, 0.2) is 17.8 Å². The number of aromatic nitrogens is 3. The Kier molecular flexibility index (Phi) is 4.19. The molecule has 7 heteroatoms. The van der Waals surface area contributed by atoms with Crippen molar-refractivity contribution in [3.8, 4) is 0 Å². The maximum absolute atomic E-state index is 12.2. The topological polar surface area (TPSA) is 73.9 Å². The van der Waals surface area contributed by atoms with Crippen molar-refractivity contribution in [3.05, 3.63) is 34.0 Å². The molecular weight excluding hydrogens is 286 g/mol. The molecule has 0 unspecified atom stereocenters. The lowest BCUT2D eigenvalue weighted by atomic mass is 9.98. The van der Waals surface area contributed by atoms with Crippen molar-refractivity contribution in [2.24, 2.45) is 0 Å². The van der Waals surface area contributed by atoms with E-state index in [-0.39, 0.29) is 6.03 Å². The predicted molar refractivity (Wildman–Crippen MR) is 81.2 cm³/mol. The molecule has 0 aliphatic carbocycles. The van der Waals surface area contributed by atoms with E-state index in [4.69, 9.17) is 0 Å². The summed E-state index contributed by atoms with van der Waals surface area (Å²) in [6.45, 7) is 4.06. The Balaban J connectivity index is 1.48. The lowest BCUT2D eigenvalue weighted by molar-refractivity contribution is 0.181. The lowest BCUT2D eigenvalue weighted by Gasteiger charge is -2.31. The number of hydrogen-bond donors (Lipinski definition) is 2. The fourth-order valence-corrected chi connectivity index (χ4v) is 3.41. The number of nitrogens with one attached hydrogen (secondary N) is 2. The van der Waals surface area contributed by atoms with Crippen molar-refractivity contribution < 1.29 is 4.79 Å². The number of aryl methyl sites for hydroxylation is 1. The maximum atomic E-state index is 12.2. The third kappa shape index (κ3) is 3.24. The summed E-state index contributed by atoms with van der Waals surface area (Å²) in [5.41, 5.74) is 2.03. The van der Waals surface area contributed by atoms with Crippen LogP contribution in [0.3, 0.4) is 0 Å². The molecule has 0 aromatic carbocycles. The van der Waals surface area contributed by atoms with Gasteiger partial charge < -0.3 is 10.2 Å². The van der Waals surface area contributed by atoms with Gasteiger partial charge in [-0.25, -0.2) is 9.78 Å². The van der Waals surface area contributed by atoms with E-state index in [1.807, 2.05) is 23.4 Å². The SMILES string of the molecule is Cc1[nH]ncc1CNC(=O)N1CCC(c2nccs2)CC1. The molecule has 2 aromatic rings. The summed E-state index contributed by atoms with van der Waals surface area (Å²) in [4.78, 5) is 18.4. The number of rotatable bonds is 3. The molecule has 6 nitrogen and oxygen atoms in total. The fraction of sp³-hybridized carbons (Fsp3) is 0.500. The Bertz CT molecular complexity index is 586. The summed E-state index contributed by atoms with van der Waals surface area (Å²) >= 11 is 1.71. The quantitative estimate of drug-likeness (QED) is 0.913. The van der Waals surface area contributed by atoms with Gasteiger partial charge in [0.1, 0.15) is 0 Å². The van der Waals surface area contributed by atoms with E-state index in [0.29, 0.717) is 12.5 Å². The molecule has 3 rings (SSSR count). The van der Waals surface area contributed by atoms with Crippen LogP contribution in [0, 0.1) is 6.92 Å². The number of nitrogens with zero attached hydrogens (tertiary/aromatic N) is 3. The molecule has 0 atom stereocenters. The minimum absolute atomic E-state index is 0.00758. The smallest absolute Gasteiger partial charge is 0.317 e. The third-order valence-corrected chi connectivity index (χ3v) is 4.89. The van der Waals surface area contributed by atoms with Crippen LogP contribution in [0.2, 0.25) is 0 Å². The summed E-state index contributed by atoms with van der Waals surface area (Å²) in [7, 11) is 0. The van der Waals surface area contributed by atoms with Crippen LogP contribution in [0.4, 0.5) is 4.79 Å². The number of aromatic amines is 1. The molecule has 1 aliphatic rings. The van der Waals surface area contributed by atoms with Crippen molar-refractivity contribution >= 4 is 17.4 Å². The second-order valence-electron chi connectivity index (χ2n) is 5.31. The number of carbonyl (C=O) groups is 1. The first kappa shape index (κ1) is 14.1. The minimum Gasteiger partial charge on any atom is -0.334 e. The van der Waals surface area contributed by atoms with Gasteiger partial charge in [0.05, 0.1) is 11.2 Å². The Hall–Kier alpha value is -1.89. The zero-order chi connectivity index (χ0) is 14.7. The summed E-state index contributed by atoms with van der Waals surface area (Å²) < 4.78 is 0. The number of likely N-dealkylation sites (tertiary alicyclic amines) is 1. The van der Waals surface area contributed by atoms with Gasteiger partial charge in [-0.3, -0.25) is 5.10 Å². The highest BCUT2D eigenvalue weighted by Crippen LogP contribution is 2.29. The highest BCUT2D eigenvalue weighted by Gasteiger charge is 2.25. The monoisotopic (exact) mass is 305 g/mol. The first-order chi connectivity index (χ1) is 10.2. The van der Waals surface area contributed by atoms with E-state index in [0.717, 1.165) is 37.2 Å². The normalized spacial score (nSPS) is 16.1. The van der Waals surface area contributed by atoms with Crippen LogP contribution in [0.1, 0.15) is 35.0 Å². The van der Waals surface area contributed by atoms with Crippen LogP contribution < -0.4 is 5.32 Å². The van der Waals surface area contributed by atoms with Crippen molar-refractivity contribution in [1.29, 1.82) is 0 Å². The van der Waals surface area contributed by atoms with Gasteiger partial charge in [0, 0.05) is 48.4 Å². The molecule has 1 aliphatic heterocycles. The van der Waals surface area contributed by atoms with Gasteiger partial charge in [-0.15, -0.1) is 11.3 Å². The van der Waals surface area contributed by atoms with E-state index in [2.05, 4.69) is 20.5 Å². The van der Waals surface area contributed by atoms with Gasteiger partial charge >= 0.3 is 6.03 Å². The molecule has 3 heterocycles. The van der Waals surface area contributed by atoms with Gasteiger partial charge in [0.2, 0.25) is 0 Å². The van der Waals surface area contributed by atoms with Crippen LogP contribution in [-0.4, -0.2) is 39.2 Å². The lowest BCUT2D eigenvalue weighted by Crippen LogP contribution is -2.43. The van der Waals surface area contributed by atoms with E-state index in [1.54, 1.807) is 17.5 Å². The largest absolute Gasteiger partial charge is 0.334 e. The number of hydrogen-bond acceptors (Lipinski definition) is 4. The molecule has 0 saturated carbocycles. The predicted octanol–water partition coefficient (Wildman–Crippen LogP) is 2.26. The van der Waals surface area contributed by atoms with Gasteiger partial charge in [0.15, 0.2) is 0 Å². The van der Waals surface area contributed by atoms with Crippen LogP contribution in [0.5, 0.6) is 0 Å². The Morgan fingerprint density at radius 1 is 1.52 bits per heavy atom. The van der Waals surface area contributed by atoms with E-state index in [1.165, 1.54) is 5.01 Å². The average Bonchev–Trinajstić information content (AvgIpc) is 3.17. The molecular formula is C14H19N5OS.